The molecule has 0 unspecified atom stereocenters. The molecule has 1 saturated heterocycles. The van der Waals surface area contributed by atoms with E-state index in [0.29, 0.717) is 37.1 Å². The van der Waals surface area contributed by atoms with Crippen LogP contribution < -0.4 is 5.73 Å². The molecule has 0 radical (unpaired) electrons. The number of fused-ring (bicyclic) bond motifs is 2. The fourth-order valence-corrected chi connectivity index (χ4v) is 5.94. The smallest absolute Gasteiger partial charge is 0.337 e. The van der Waals surface area contributed by atoms with E-state index in [1.54, 1.807) is 4.90 Å². The Bertz CT molecular complexity index is 952. The topological polar surface area (TPSA) is 96.6 Å². The number of nitrogens with zero attached hydrogens (tertiary/aromatic N) is 3. The molecule has 2 aliphatic heterocycles. The minimum Gasteiger partial charge on any atom is -0.337 e. The van der Waals surface area contributed by atoms with Crippen molar-refractivity contribution in [2.24, 2.45) is 17.1 Å². The van der Waals surface area contributed by atoms with E-state index in [1.807, 2.05) is 0 Å². The number of nitrogens with two attached hydrogens (primary N) is 1. The highest BCUT2D eigenvalue weighted by Crippen LogP contribution is 2.50. The Labute approximate surface area is 167 Å². The minimum atomic E-state index is -4.50. The van der Waals surface area contributed by atoms with Gasteiger partial charge in [-0.1, -0.05) is 0 Å². The zero-order valence-electron chi connectivity index (χ0n) is 15.9. The highest BCUT2D eigenvalue weighted by Gasteiger charge is 2.59. The van der Waals surface area contributed by atoms with E-state index in [0.717, 1.165) is 18.5 Å². The molecule has 1 aromatic rings. The van der Waals surface area contributed by atoms with Gasteiger partial charge in [0.05, 0.1) is 17.2 Å². The average molecular weight is 432 g/mol. The van der Waals surface area contributed by atoms with Crippen LogP contribution in [0.1, 0.15) is 29.7 Å². The van der Waals surface area contributed by atoms with E-state index in [9.17, 15) is 26.4 Å². The summed E-state index contributed by atoms with van der Waals surface area (Å²) in [6.45, 7) is 0.705. The molecule has 1 aromatic heterocycles. The van der Waals surface area contributed by atoms with Gasteiger partial charge in [0.2, 0.25) is 15.9 Å². The Morgan fingerprint density at radius 3 is 2.76 bits per heavy atom. The Morgan fingerprint density at radius 1 is 1.38 bits per heavy atom. The number of carbonyl (C=O) groups excluding carboxylic acids is 1. The molecule has 0 bridgehead atoms. The molecule has 4 rings (SSSR count). The number of amides is 1. The number of hydrogen-bond acceptors (Lipinski definition) is 5. The maximum Gasteiger partial charge on any atom is 0.417 e. The van der Waals surface area contributed by atoms with Crippen molar-refractivity contribution >= 4 is 15.9 Å². The summed E-state index contributed by atoms with van der Waals surface area (Å²) in [4.78, 5) is 19.0. The zero-order valence-corrected chi connectivity index (χ0v) is 16.8. The van der Waals surface area contributed by atoms with Crippen molar-refractivity contribution in [1.82, 2.24) is 14.2 Å². The summed E-state index contributed by atoms with van der Waals surface area (Å²) in [6.07, 6.45) is -1.26. The third kappa shape index (κ3) is 3.53. The summed E-state index contributed by atoms with van der Waals surface area (Å²) in [5.74, 6) is -0.398. The largest absolute Gasteiger partial charge is 0.417 e. The summed E-state index contributed by atoms with van der Waals surface area (Å²) in [6, 6.07) is 0.857. The van der Waals surface area contributed by atoms with Crippen molar-refractivity contribution in [3.8, 4) is 0 Å². The number of aromatic nitrogens is 1. The van der Waals surface area contributed by atoms with Crippen molar-refractivity contribution in [3.63, 3.8) is 0 Å². The number of carbonyl (C=O) groups is 1. The number of sulfonamides is 1. The molecule has 3 aliphatic rings. The predicted octanol–water partition coefficient (Wildman–Crippen LogP) is 0.984. The lowest BCUT2D eigenvalue weighted by Gasteiger charge is -2.37. The van der Waals surface area contributed by atoms with E-state index >= 15 is 0 Å². The highest BCUT2D eigenvalue weighted by atomic mass is 32.2. The van der Waals surface area contributed by atoms with Gasteiger partial charge in [-0.2, -0.15) is 13.2 Å². The molecule has 2 fully saturated rings. The molecule has 11 heteroatoms. The average Bonchev–Trinajstić information content (AvgIpc) is 3.13. The first-order valence-corrected chi connectivity index (χ1v) is 11.3. The lowest BCUT2D eigenvalue weighted by atomic mass is 9.78. The number of rotatable bonds is 2. The number of halogens is 3. The van der Waals surface area contributed by atoms with E-state index in [2.05, 4.69) is 4.98 Å². The molecule has 3 heterocycles. The van der Waals surface area contributed by atoms with E-state index in [4.69, 9.17) is 5.73 Å². The van der Waals surface area contributed by atoms with Crippen molar-refractivity contribution in [1.29, 1.82) is 0 Å². The standard InChI is InChI=1S/C18H23F3N4O3S/c1-29(27,28)25-9-13-5-14(22)6-17(13,10-25)16(26)24-3-2-15-11(8-24)4-12(7-23-15)18(19,20)21/h4,7,13-14H,2-3,5-6,8-10,22H2,1H3/t13-,14+,17-/m0/s1. The Balaban J connectivity index is 1.61. The van der Waals surface area contributed by atoms with Gasteiger partial charge in [0, 0.05) is 50.5 Å². The Hall–Kier alpha value is -1.72. The third-order valence-electron chi connectivity index (χ3n) is 6.43. The molecule has 1 saturated carbocycles. The second-order valence-electron chi connectivity index (χ2n) is 8.41. The Morgan fingerprint density at radius 2 is 2.10 bits per heavy atom. The van der Waals surface area contributed by atoms with Crippen molar-refractivity contribution in [3.05, 3.63) is 29.1 Å². The van der Waals surface area contributed by atoms with Crippen LogP contribution in [0.25, 0.3) is 0 Å². The quantitative estimate of drug-likeness (QED) is 0.752. The van der Waals surface area contributed by atoms with Crippen LogP contribution in [-0.2, 0) is 34.0 Å². The summed E-state index contributed by atoms with van der Waals surface area (Å²) in [5.41, 5.74) is 5.30. The number of pyridine rings is 1. The van der Waals surface area contributed by atoms with Gasteiger partial charge in [-0.25, -0.2) is 12.7 Å². The van der Waals surface area contributed by atoms with E-state index < -0.39 is 27.2 Å². The third-order valence-corrected chi connectivity index (χ3v) is 7.64. The van der Waals surface area contributed by atoms with Crippen LogP contribution in [0.15, 0.2) is 12.3 Å². The molecule has 2 N–H and O–H groups in total. The van der Waals surface area contributed by atoms with Crippen LogP contribution in [0.5, 0.6) is 0 Å². The molecule has 29 heavy (non-hydrogen) atoms. The van der Waals surface area contributed by atoms with Crippen LogP contribution in [-0.4, -0.2) is 60.4 Å². The predicted molar refractivity (Wildman–Crippen MR) is 97.9 cm³/mol. The van der Waals surface area contributed by atoms with E-state index in [1.165, 1.54) is 4.31 Å². The molecule has 0 spiro atoms. The fraction of sp³-hybridized carbons (Fsp3) is 0.667. The molecule has 1 amide bonds. The first kappa shape index (κ1) is 20.5. The van der Waals surface area contributed by atoms with Crippen molar-refractivity contribution < 1.29 is 26.4 Å². The first-order chi connectivity index (χ1) is 13.4. The summed E-state index contributed by atoms with van der Waals surface area (Å²) in [7, 11) is -3.45. The normalized spacial score (nSPS) is 30.3. The summed E-state index contributed by atoms with van der Waals surface area (Å²) >= 11 is 0. The van der Waals surface area contributed by atoms with Crippen LogP contribution in [0.3, 0.4) is 0 Å². The second-order valence-corrected chi connectivity index (χ2v) is 10.4. The van der Waals surface area contributed by atoms with Crippen LogP contribution >= 0.6 is 0 Å². The lowest BCUT2D eigenvalue weighted by Crippen LogP contribution is -2.49. The van der Waals surface area contributed by atoms with Gasteiger partial charge in [0.25, 0.3) is 0 Å². The number of hydrogen-bond donors (Lipinski definition) is 1. The fourth-order valence-electron chi connectivity index (χ4n) is 5.03. The molecular weight excluding hydrogens is 409 g/mol. The van der Waals surface area contributed by atoms with Crippen LogP contribution in [0.2, 0.25) is 0 Å². The maximum absolute atomic E-state index is 13.5. The van der Waals surface area contributed by atoms with Gasteiger partial charge >= 0.3 is 6.18 Å². The summed E-state index contributed by atoms with van der Waals surface area (Å²) < 4.78 is 64.5. The van der Waals surface area contributed by atoms with Gasteiger partial charge in [-0.3, -0.25) is 9.78 Å². The first-order valence-electron chi connectivity index (χ1n) is 9.45. The Kier molecular flexibility index (Phi) is 4.71. The van der Waals surface area contributed by atoms with Crippen molar-refractivity contribution in [2.45, 2.75) is 38.0 Å². The maximum atomic E-state index is 13.5. The highest BCUT2D eigenvalue weighted by molar-refractivity contribution is 7.88. The van der Waals surface area contributed by atoms with Gasteiger partial charge in [-0.05, 0) is 30.4 Å². The minimum absolute atomic E-state index is 0.0354. The SMILES string of the molecule is CS(=O)(=O)N1C[C@@H]2C[C@@H](N)C[C@]2(C(=O)N2CCc3ncc(C(F)(F)F)cc3C2)C1. The monoisotopic (exact) mass is 432 g/mol. The molecule has 3 atom stereocenters. The van der Waals surface area contributed by atoms with Gasteiger partial charge in [0.15, 0.2) is 0 Å². The lowest BCUT2D eigenvalue weighted by molar-refractivity contribution is -0.143. The molecule has 7 nitrogen and oxygen atoms in total. The van der Waals surface area contributed by atoms with Crippen molar-refractivity contribution in [2.75, 3.05) is 25.9 Å². The zero-order chi connectivity index (χ0) is 21.2. The van der Waals surface area contributed by atoms with Gasteiger partial charge < -0.3 is 10.6 Å². The molecule has 1 aliphatic carbocycles. The molecule has 0 aromatic carbocycles. The van der Waals surface area contributed by atoms with Gasteiger partial charge in [-0.15, -0.1) is 0 Å². The number of alkyl halides is 3. The molecule has 160 valence electrons. The second kappa shape index (κ2) is 6.64. The van der Waals surface area contributed by atoms with Crippen LogP contribution in [0, 0.1) is 11.3 Å². The van der Waals surface area contributed by atoms with Gasteiger partial charge in [0.1, 0.15) is 0 Å². The van der Waals surface area contributed by atoms with E-state index in [-0.39, 0.29) is 37.5 Å². The summed E-state index contributed by atoms with van der Waals surface area (Å²) in [5, 5.41) is 0. The van der Waals surface area contributed by atoms with Crippen LogP contribution in [0.4, 0.5) is 13.2 Å². The molecular formula is C18H23F3N4O3S.